The molecule has 2 N–H and O–H groups in total. The van der Waals surface area contributed by atoms with Gasteiger partial charge in [-0.05, 0) is 78.0 Å². The Hall–Kier alpha value is -3.80. The van der Waals surface area contributed by atoms with Gasteiger partial charge in [0.1, 0.15) is 6.54 Å². The van der Waals surface area contributed by atoms with E-state index < -0.39 is 12.7 Å². The van der Waals surface area contributed by atoms with Crippen LogP contribution in [-0.2, 0) is 18.6 Å². The van der Waals surface area contributed by atoms with Crippen molar-refractivity contribution < 1.29 is 22.5 Å². The van der Waals surface area contributed by atoms with E-state index in [0.29, 0.717) is 16.5 Å². The van der Waals surface area contributed by atoms with Gasteiger partial charge in [0.15, 0.2) is 0 Å². The molecule has 0 bridgehead atoms. The number of rotatable bonds is 7. The van der Waals surface area contributed by atoms with Gasteiger partial charge < -0.3 is 29.2 Å². The van der Waals surface area contributed by atoms with Gasteiger partial charge in [-0.25, -0.2) is 0 Å². The van der Waals surface area contributed by atoms with Gasteiger partial charge in [0.05, 0.1) is 23.3 Å². The zero-order chi connectivity index (χ0) is 28.7. The van der Waals surface area contributed by atoms with Gasteiger partial charge >= 0.3 is 6.18 Å². The van der Waals surface area contributed by atoms with E-state index in [-0.39, 0.29) is 41.4 Å². The molecule has 1 saturated heterocycles. The topological polar surface area (TPSA) is 93.2 Å². The first-order chi connectivity index (χ1) is 18.9. The van der Waals surface area contributed by atoms with E-state index in [1.54, 1.807) is 30.5 Å². The Labute approximate surface area is 230 Å². The molecule has 1 fully saturated rings. The Bertz CT molecular complexity index is 1490. The van der Waals surface area contributed by atoms with E-state index in [2.05, 4.69) is 32.7 Å². The van der Waals surface area contributed by atoms with Gasteiger partial charge in [0.25, 0.3) is 5.91 Å². The van der Waals surface area contributed by atoms with Crippen molar-refractivity contribution in [3.63, 3.8) is 0 Å². The molecule has 0 spiro atoms. The Morgan fingerprint density at radius 2 is 1.90 bits per heavy atom. The molecule has 1 aliphatic heterocycles. The summed E-state index contributed by atoms with van der Waals surface area (Å²) < 4.78 is 49.4. The number of benzene rings is 1. The fourth-order valence-electron chi connectivity index (χ4n) is 4.95. The lowest BCUT2D eigenvalue weighted by molar-refractivity contribution is -0.139. The van der Waals surface area contributed by atoms with Gasteiger partial charge in [-0.1, -0.05) is 11.2 Å². The average Bonchev–Trinajstić information content (AvgIpc) is 3.62. The lowest BCUT2D eigenvalue weighted by atomic mass is 10.0. The molecular formula is C28H34F3N7O2. The first-order valence-corrected chi connectivity index (χ1v) is 13.3. The van der Waals surface area contributed by atoms with Gasteiger partial charge in [-0.3, -0.25) is 4.79 Å². The number of alkyl halides is 3. The van der Waals surface area contributed by atoms with Crippen LogP contribution in [0.15, 0.2) is 47.2 Å². The van der Waals surface area contributed by atoms with Gasteiger partial charge in [0.2, 0.25) is 11.7 Å². The van der Waals surface area contributed by atoms with E-state index >= 15 is 0 Å². The van der Waals surface area contributed by atoms with Crippen LogP contribution in [0.4, 0.5) is 18.9 Å². The molecular weight excluding hydrogens is 523 g/mol. The highest BCUT2D eigenvalue weighted by Gasteiger charge is 2.31. The monoisotopic (exact) mass is 557 g/mol. The highest BCUT2D eigenvalue weighted by atomic mass is 19.4. The number of likely N-dealkylation sites (tertiary alicyclic amines) is 1. The third-order valence-corrected chi connectivity index (χ3v) is 7.19. The fourth-order valence-corrected chi connectivity index (χ4v) is 4.95. The minimum atomic E-state index is -4.46. The van der Waals surface area contributed by atoms with Gasteiger partial charge in [0, 0.05) is 35.0 Å². The first kappa shape index (κ1) is 27.8. The van der Waals surface area contributed by atoms with Gasteiger partial charge in [-0.2, -0.15) is 18.2 Å². The fraction of sp³-hybridized carbons (Fsp3) is 0.464. The number of halogens is 3. The van der Waals surface area contributed by atoms with E-state index in [1.807, 2.05) is 37.6 Å². The summed E-state index contributed by atoms with van der Waals surface area (Å²) >= 11 is 0. The molecule has 0 atom stereocenters. The summed E-state index contributed by atoms with van der Waals surface area (Å²) in [4.78, 5) is 19.2. The van der Waals surface area contributed by atoms with E-state index in [4.69, 9.17) is 4.52 Å². The van der Waals surface area contributed by atoms with Crippen LogP contribution in [-0.4, -0.2) is 62.4 Å². The number of aromatic nitrogens is 4. The quantitative estimate of drug-likeness (QED) is 0.323. The molecule has 0 aliphatic carbocycles. The van der Waals surface area contributed by atoms with Crippen LogP contribution in [0, 0.1) is 0 Å². The number of anilines is 1. The Kier molecular flexibility index (Phi) is 7.38. The lowest BCUT2D eigenvalue weighted by Gasteiger charge is -2.30. The van der Waals surface area contributed by atoms with Crippen molar-refractivity contribution in [3.05, 3.63) is 54.2 Å². The molecule has 4 aromatic rings. The van der Waals surface area contributed by atoms with Crippen LogP contribution in [0.5, 0.6) is 0 Å². The van der Waals surface area contributed by atoms with Crippen LogP contribution in [0.3, 0.4) is 0 Å². The number of amides is 1. The summed E-state index contributed by atoms with van der Waals surface area (Å²) in [5.41, 5.74) is 1.69. The summed E-state index contributed by atoms with van der Waals surface area (Å²) in [6.07, 6.45) is 1.02. The van der Waals surface area contributed by atoms with E-state index in [0.717, 1.165) is 36.2 Å². The average molecular weight is 558 g/mol. The van der Waals surface area contributed by atoms with Gasteiger partial charge in [-0.15, -0.1) is 0 Å². The largest absolute Gasteiger partial charge is 0.406 e. The molecule has 4 heterocycles. The minimum absolute atomic E-state index is 0.0221. The number of nitrogens with one attached hydrogen (secondary N) is 2. The van der Waals surface area contributed by atoms with Crippen LogP contribution in [0.2, 0.25) is 0 Å². The number of piperidine rings is 1. The number of hydrogen-bond acceptors (Lipinski definition) is 6. The molecule has 3 aromatic heterocycles. The Morgan fingerprint density at radius 3 is 2.58 bits per heavy atom. The van der Waals surface area contributed by atoms with Crippen molar-refractivity contribution in [2.45, 2.75) is 64.5 Å². The number of carbonyl (C=O) groups excluding carboxylic acids is 1. The van der Waals surface area contributed by atoms with Crippen LogP contribution in [0.1, 0.15) is 49.9 Å². The SMILES string of the molecule is CN1CCC(Nc2cccc3c2cc(-c2noc(CNC(=O)c4ccn(C(C)(C)C)c4)n2)n3CC(F)(F)F)CC1. The minimum Gasteiger partial charge on any atom is -0.382 e. The second kappa shape index (κ2) is 10.6. The zero-order valence-electron chi connectivity index (χ0n) is 23.0. The third-order valence-electron chi connectivity index (χ3n) is 7.19. The molecule has 0 unspecified atom stereocenters. The molecule has 0 saturated carbocycles. The predicted octanol–water partition coefficient (Wildman–Crippen LogP) is 5.25. The molecule has 40 heavy (non-hydrogen) atoms. The number of fused-ring (bicyclic) bond motifs is 1. The summed E-state index contributed by atoms with van der Waals surface area (Å²) in [5, 5.41) is 10.9. The van der Waals surface area contributed by atoms with E-state index in [9.17, 15) is 18.0 Å². The molecule has 5 rings (SSSR count). The van der Waals surface area contributed by atoms with Crippen molar-refractivity contribution >= 4 is 22.5 Å². The number of nitrogens with zero attached hydrogens (tertiary/aromatic N) is 5. The van der Waals surface area contributed by atoms with Crippen molar-refractivity contribution in [3.8, 4) is 11.5 Å². The first-order valence-electron chi connectivity index (χ1n) is 13.3. The molecule has 1 aromatic carbocycles. The molecule has 9 nitrogen and oxygen atoms in total. The summed E-state index contributed by atoms with van der Waals surface area (Å²) in [6, 6.07) is 8.91. The second-order valence-electron chi connectivity index (χ2n) is 11.4. The summed E-state index contributed by atoms with van der Waals surface area (Å²) in [7, 11) is 2.08. The van der Waals surface area contributed by atoms with Crippen LogP contribution in [0.25, 0.3) is 22.4 Å². The van der Waals surface area contributed by atoms with Crippen LogP contribution >= 0.6 is 0 Å². The van der Waals surface area contributed by atoms with Crippen molar-refractivity contribution in [1.82, 2.24) is 29.5 Å². The normalized spacial score (nSPS) is 15.6. The highest BCUT2D eigenvalue weighted by Crippen LogP contribution is 2.35. The summed E-state index contributed by atoms with van der Waals surface area (Å²) in [5.74, 6) is -0.209. The standard InChI is InChI=1S/C28H34F3N7O2/c1-27(2,3)37-13-8-18(16-37)26(39)32-15-24-34-25(35-40-24)23-14-20-21(33-19-9-11-36(4)12-10-19)6-5-7-22(20)38(23)17-28(29,30)31/h5-8,13-14,16,19,33H,9-12,15,17H2,1-4H3,(H,32,39). The highest BCUT2D eigenvalue weighted by molar-refractivity contribution is 5.96. The maximum atomic E-state index is 13.6. The Morgan fingerprint density at radius 1 is 1.15 bits per heavy atom. The molecule has 12 heteroatoms. The molecule has 0 radical (unpaired) electrons. The van der Waals surface area contributed by atoms with Crippen molar-refractivity contribution in [2.24, 2.45) is 0 Å². The van der Waals surface area contributed by atoms with Crippen molar-refractivity contribution in [2.75, 3.05) is 25.5 Å². The predicted molar refractivity (Wildman–Crippen MR) is 146 cm³/mol. The Balaban J connectivity index is 1.38. The maximum absolute atomic E-state index is 13.6. The van der Waals surface area contributed by atoms with Crippen LogP contribution < -0.4 is 10.6 Å². The maximum Gasteiger partial charge on any atom is 0.406 e. The molecule has 1 aliphatic rings. The number of hydrogen-bond donors (Lipinski definition) is 2. The zero-order valence-corrected chi connectivity index (χ0v) is 23.0. The third kappa shape index (κ3) is 6.16. The lowest BCUT2D eigenvalue weighted by Crippen LogP contribution is -2.36. The molecule has 214 valence electrons. The van der Waals surface area contributed by atoms with E-state index in [1.165, 1.54) is 0 Å². The summed E-state index contributed by atoms with van der Waals surface area (Å²) in [6.45, 7) is 6.74. The molecule has 1 amide bonds. The second-order valence-corrected chi connectivity index (χ2v) is 11.4. The van der Waals surface area contributed by atoms with Crippen molar-refractivity contribution in [1.29, 1.82) is 0 Å². The smallest absolute Gasteiger partial charge is 0.382 e. The number of carbonyl (C=O) groups is 1.